The van der Waals surface area contributed by atoms with Crippen molar-refractivity contribution in [1.82, 2.24) is 15.0 Å². The number of oxazole rings is 1. The van der Waals surface area contributed by atoms with Crippen LogP contribution in [0.25, 0.3) is 26.9 Å². The molecule has 5 nitrogen and oxygen atoms in total. The van der Waals surface area contributed by atoms with Crippen LogP contribution in [0.4, 0.5) is 0 Å². The molecule has 0 spiro atoms. The number of fused-ring (bicyclic) bond motifs is 1. The monoisotopic (exact) mass is 395 g/mol. The minimum Gasteiger partial charge on any atom is -0.501 e. The quantitative estimate of drug-likeness (QED) is 0.497. The molecule has 3 aromatic rings. The zero-order chi connectivity index (χ0) is 19.3. The fourth-order valence-corrected chi connectivity index (χ4v) is 4.37. The number of hydrogen-bond acceptors (Lipinski definition) is 6. The summed E-state index contributed by atoms with van der Waals surface area (Å²) >= 11 is 1.58. The summed E-state index contributed by atoms with van der Waals surface area (Å²) in [5, 5.41) is 0.921. The van der Waals surface area contributed by atoms with E-state index in [1.54, 1.807) is 17.5 Å². The minimum atomic E-state index is 0.648. The molecule has 1 unspecified atom stereocenters. The van der Waals surface area contributed by atoms with E-state index in [4.69, 9.17) is 14.1 Å². The first-order chi connectivity index (χ1) is 13.8. The second-order valence-electron chi connectivity index (χ2n) is 7.01. The lowest BCUT2D eigenvalue weighted by Crippen LogP contribution is -2.07. The highest BCUT2D eigenvalue weighted by molar-refractivity contribution is 7.18. The Labute approximate surface area is 169 Å². The summed E-state index contributed by atoms with van der Waals surface area (Å²) in [5.41, 5.74) is 3.10. The molecular formula is C22H25N3O2S. The Morgan fingerprint density at radius 3 is 2.93 bits per heavy atom. The molecule has 1 aliphatic carbocycles. The predicted octanol–water partition coefficient (Wildman–Crippen LogP) is 5.99. The summed E-state index contributed by atoms with van der Waals surface area (Å²) in [6.07, 6.45) is 12.7. The first-order valence-corrected chi connectivity index (χ1v) is 10.8. The van der Waals surface area contributed by atoms with Crippen LogP contribution in [-0.4, -0.2) is 21.6 Å². The van der Waals surface area contributed by atoms with E-state index in [9.17, 15) is 0 Å². The van der Waals surface area contributed by atoms with Crippen molar-refractivity contribution in [2.75, 3.05) is 6.61 Å². The van der Waals surface area contributed by atoms with Crippen LogP contribution < -0.4 is 0 Å². The average Bonchev–Trinajstić information content (AvgIpc) is 3.36. The van der Waals surface area contributed by atoms with E-state index < -0.39 is 0 Å². The van der Waals surface area contributed by atoms with Gasteiger partial charge >= 0.3 is 0 Å². The van der Waals surface area contributed by atoms with E-state index in [2.05, 4.69) is 16.9 Å². The number of ether oxygens (including phenoxy) is 1. The van der Waals surface area contributed by atoms with Gasteiger partial charge in [-0.15, -0.1) is 11.3 Å². The molecule has 3 heterocycles. The highest BCUT2D eigenvalue weighted by Crippen LogP contribution is 2.37. The maximum absolute atomic E-state index is 6.23. The third-order valence-electron chi connectivity index (χ3n) is 5.20. The Morgan fingerprint density at radius 1 is 1.25 bits per heavy atom. The lowest BCUT2D eigenvalue weighted by atomic mass is 9.88. The van der Waals surface area contributed by atoms with Crippen molar-refractivity contribution in [2.24, 2.45) is 5.92 Å². The second kappa shape index (κ2) is 8.69. The van der Waals surface area contributed by atoms with Crippen molar-refractivity contribution < 1.29 is 9.15 Å². The Kier molecular flexibility index (Phi) is 5.86. The van der Waals surface area contributed by atoms with E-state index in [0.717, 1.165) is 51.7 Å². The lowest BCUT2D eigenvalue weighted by molar-refractivity contribution is 0.269. The number of rotatable bonds is 5. The van der Waals surface area contributed by atoms with Gasteiger partial charge in [-0.1, -0.05) is 13.3 Å². The zero-order valence-corrected chi connectivity index (χ0v) is 17.2. The molecular weight excluding hydrogens is 370 g/mol. The van der Waals surface area contributed by atoms with Crippen LogP contribution in [0, 0.1) is 5.92 Å². The molecule has 0 amide bonds. The van der Waals surface area contributed by atoms with Crippen LogP contribution in [0.15, 0.2) is 41.4 Å². The summed E-state index contributed by atoms with van der Waals surface area (Å²) < 4.78 is 11.8. The molecule has 6 heteroatoms. The number of allylic oxidation sites excluding steroid dienone is 1. The first-order valence-electron chi connectivity index (χ1n) is 9.95. The third kappa shape index (κ3) is 4.02. The summed E-state index contributed by atoms with van der Waals surface area (Å²) in [6.45, 7) is 4.92. The molecule has 1 atom stereocenters. The topological polar surface area (TPSA) is 61.0 Å². The number of hydrogen-bond donors (Lipinski definition) is 0. The number of aryl methyl sites for hydroxylation is 1. The first kappa shape index (κ1) is 18.9. The number of pyridine rings is 1. The Bertz CT molecular complexity index is 946. The van der Waals surface area contributed by atoms with Crippen molar-refractivity contribution in [3.8, 4) is 21.3 Å². The van der Waals surface area contributed by atoms with Crippen molar-refractivity contribution in [3.05, 3.63) is 48.4 Å². The number of thiazole rings is 1. The second-order valence-corrected chi connectivity index (χ2v) is 8.04. The van der Waals surface area contributed by atoms with Crippen LogP contribution in [0.1, 0.15) is 51.0 Å². The van der Waals surface area contributed by atoms with Gasteiger partial charge in [-0.25, -0.2) is 9.97 Å². The van der Waals surface area contributed by atoms with E-state index in [-0.39, 0.29) is 0 Å². The number of nitrogens with zero attached hydrogens (tertiary/aromatic N) is 3. The molecule has 0 aliphatic heterocycles. The molecule has 146 valence electrons. The standard InChI is InChI=1S/C22H25N3O2S/c1-3-15-7-9-17(14-26-4-2)20-18(10-8-15)27-21(25-20)19-13-24-22(28-19)16-6-5-11-23-12-16/h5-6,11-15H,3-4,7-10H2,1-2H3/b17-14+. The summed E-state index contributed by atoms with van der Waals surface area (Å²) in [6, 6.07) is 3.93. The Hall–Kier alpha value is -2.47. The van der Waals surface area contributed by atoms with Crippen molar-refractivity contribution in [2.45, 2.75) is 46.0 Å². The summed E-state index contributed by atoms with van der Waals surface area (Å²) in [7, 11) is 0. The maximum atomic E-state index is 6.23. The van der Waals surface area contributed by atoms with Gasteiger partial charge in [-0.2, -0.15) is 0 Å². The Balaban J connectivity index is 1.67. The molecule has 0 saturated heterocycles. The SMILES string of the molecule is CCO/C=C1\CCC(CC)CCc2oc(-c3cnc(-c4cccnc4)s3)nc21. The van der Waals surface area contributed by atoms with E-state index in [1.165, 1.54) is 12.8 Å². The van der Waals surface area contributed by atoms with Crippen LogP contribution in [-0.2, 0) is 11.2 Å². The smallest absolute Gasteiger partial charge is 0.238 e. The fourth-order valence-electron chi connectivity index (χ4n) is 3.54. The van der Waals surface area contributed by atoms with Gasteiger partial charge < -0.3 is 9.15 Å². The molecule has 4 rings (SSSR count). The molecule has 0 aromatic carbocycles. The lowest BCUT2D eigenvalue weighted by Gasteiger charge is -2.18. The van der Waals surface area contributed by atoms with Crippen LogP contribution in [0.2, 0.25) is 0 Å². The third-order valence-corrected chi connectivity index (χ3v) is 6.23. The van der Waals surface area contributed by atoms with Gasteiger partial charge in [0, 0.05) is 30.0 Å². The largest absolute Gasteiger partial charge is 0.501 e. The summed E-state index contributed by atoms with van der Waals surface area (Å²) in [5.74, 6) is 2.33. The highest BCUT2D eigenvalue weighted by atomic mass is 32.1. The zero-order valence-electron chi connectivity index (χ0n) is 16.4. The normalized spacial score (nSPS) is 18.5. The average molecular weight is 396 g/mol. The molecule has 28 heavy (non-hydrogen) atoms. The van der Waals surface area contributed by atoms with Crippen molar-refractivity contribution in [3.63, 3.8) is 0 Å². The fraction of sp³-hybridized carbons (Fsp3) is 0.409. The van der Waals surface area contributed by atoms with Crippen molar-refractivity contribution in [1.29, 1.82) is 0 Å². The molecule has 0 bridgehead atoms. The summed E-state index contributed by atoms with van der Waals surface area (Å²) in [4.78, 5) is 14.5. The molecule has 3 aromatic heterocycles. The molecule has 0 fully saturated rings. The van der Waals surface area contributed by atoms with Gasteiger partial charge in [0.05, 0.1) is 19.1 Å². The highest BCUT2D eigenvalue weighted by Gasteiger charge is 2.24. The van der Waals surface area contributed by atoms with Crippen LogP contribution in [0.3, 0.4) is 0 Å². The van der Waals surface area contributed by atoms with E-state index in [1.807, 2.05) is 37.7 Å². The number of aromatic nitrogens is 3. The van der Waals surface area contributed by atoms with Gasteiger partial charge in [-0.05, 0) is 44.2 Å². The maximum Gasteiger partial charge on any atom is 0.238 e. The molecule has 1 aliphatic rings. The van der Waals surface area contributed by atoms with Crippen LogP contribution in [0.5, 0.6) is 0 Å². The van der Waals surface area contributed by atoms with Gasteiger partial charge in [0.25, 0.3) is 0 Å². The van der Waals surface area contributed by atoms with Gasteiger partial charge in [0.15, 0.2) is 0 Å². The van der Waals surface area contributed by atoms with Gasteiger partial charge in [0.2, 0.25) is 5.89 Å². The molecule has 0 N–H and O–H groups in total. The van der Waals surface area contributed by atoms with Gasteiger partial charge in [-0.3, -0.25) is 4.98 Å². The van der Waals surface area contributed by atoms with Crippen LogP contribution >= 0.6 is 11.3 Å². The molecule has 0 saturated carbocycles. The Morgan fingerprint density at radius 2 is 2.14 bits per heavy atom. The predicted molar refractivity (Wildman–Crippen MR) is 112 cm³/mol. The van der Waals surface area contributed by atoms with Crippen molar-refractivity contribution >= 4 is 16.9 Å². The van der Waals surface area contributed by atoms with E-state index >= 15 is 0 Å². The minimum absolute atomic E-state index is 0.648. The molecule has 0 radical (unpaired) electrons. The van der Waals surface area contributed by atoms with E-state index in [0.29, 0.717) is 18.4 Å². The van der Waals surface area contributed by atoms with Gasteiger partial charge in [0.1, 0.15) is 21.3 Å².